The van der Waals surface area contributed by atoms with E-state index in [-0.39, 0.29) is 0 Å². The zero-order chi connectivity index (χ0) is 8.69. The maximum absolute atomic E-state index is 5.10. The molecule has 0 spiro atoms. The SMILES string of the molecule is C=C/C=C\C(=C/C)C(=S)SC. The van der Waals surface area contributed by atoms with Crippen molar-refractivity contribution >= 4 is 28.2 Å². The largest absolute Gasteiger partial charge is 0.117 e. The molecule has 0 saturated heterocycles. The van der Waals surface area contributed by atoms with Crippen LogP contribution >= 0.6 is 24.0 Å². The van der Waals surface area contributed by atoms with Gasteiger partial charge in [0.25, 0.3) is 0 Å². The Kier molecular flexibility index (Phi) is 6.18. The third-order valence-electron chi connectivity index (χ3n) is 1.14. The molecule has 2 heteroatoms. The number of allylic oxidation sites excluding steroid dienone is 4. The standard InChI is InChI=1S/C9H12S2/c1-4-6-7-8(5-2)9(10)11-3/h4-7H,1H2,2-3H3/b7-6-,8-5+. The lowest BCUT2D eigenvalue weighted by Gasteiger charge is -1.97. The Bertz CT molecular complexity index is 200. The van der Waals surface area contributed by atoms with E-state index in [1.165, 1.54) is 0 Å². The first-order valence-corrected chi connectivity index (χ1v) is 4.93. The minimum atomic E-state index is 0.922. The van der Waals surface area contributed by atoms with Crippen LogP contribution in [0.3, 0.4) is 0 Å². The molecule has 0 amide bonds. The van der Waals surface area contributed by atoms with Gasteiger partial charge in [-0.05, 0) is 18.8 Å². The van der Waals surface area contributed by atoms with Crippen molar-refractivity contribution in [3.63, 3.8) is 0 Å². The summed E-state index contributed by atoms with van der Waals surface area (Å²) in [4.78, 5) is 0. The smallest absolute Gasteiger partial charge is 0.0772 e. The van der Waals surface area contributed by atoms with Gasteiger partial charge >= 0.3 is 0 Å². The monoisotopic (exact) mass is 184 g/mol. The van der Waals surface area contributed by atoms with Gasteiger partial charge in [-0.1, -0.05) is 43.1 Å². The summed E-state index contributed by atoms with van der Waals surface area (Å²) in [6.45, 7) is 5.57. The zero-order valence-electron chi connectivity index (χ0n) is 6.83. The molecule has 0 fully saturated rings. The van der Waals surface area contributed by atoms with Crippen molar-refractivity contribution in [2.75, 3.05) is 6.26 Å². The molecule has 0 saturated carbocycles. The second-order valence-corrected chi connectivity index (χ2v) is 3.31. The van der Waals surface area contributed by atoms with Gasteiger partial charge in [-0.2, -0.15) is 0 Å². The predicted molar refractivity (Wildman–Crippen MR) is 59.2 cm³/mol. The van der Waals surface area contributed by atoms with Crippen LogP contribution < -0.4 is 0 Å². The molecule has 0 aliphatic carbocycles. The molecule has 0 bridgehead atoms. The van der Waals surface area contributed by atoms with Gasteiger partial charge in [0.05, 0.1) is 4.20 Å². The first-order valence-electron chi connectivity index (χ1n) is 3.30. The molecule has 0 aromatic heterocycles. The third kappa shape index (κ3) is 4.17. The van der Waals surface area contributed by atoms with Gasteiger partial charge in [0.15, 0.2) is 0 Å². The van der Waals surface area contributed by atoms with Crippen LogP contribution in [0.15, 0.2) is 36.5 Å². The molecule has 0 aromatic carbocycles. The van der Waals surface area contributed by atoms with Gasteiger partial charge in [0, 0.05) is 0 Å². The lowest BCUT2D eigenvalue weighted by Crippen LogP contribution is -1.88. The molecular formula is C9H12S2. The number of rotatable bonds is 3. The van der Waals surface area contributed by atoms with Crippen LogP contribution in [0.4, 0.5) is 0 Å². The van der Waals surface area contributed by atoms with Gasteiger partial charge in [0.2, 0.25) is 0 Å². The molecule has 60 valence electrons. The highest BCUT2D eigenvalue weighted by atomic mass is 32.2. The number of hydrogen-bond acceptors (Lipinski definition) is 2. The molecule has 0 N–H and O–H groups in total. The maximum atomic E-state index is 5.10. The van der Waals surface area contributed by atoms with E-state index in [2.05, 4.69) is 6.58 Å². The highest BCUT2D eigenvalue weighted by Crippen LogP contribution is 2.10. The van der Waals surface area contributed by atoms with Crippen LogP contribution in [0.1, 0.15) is 6.92 Å². The second-order valence-electron chi connectivity index (χ2n) is 1.83. The van der Waals surface area contributed by atoms with Gasteiger partial charge in [-0.3, -0.25) is 0 Å². The lowest BCUT2D eigenvalue weighted by atomic mass is 10.2. The normalized spacial score (nSPS) is 12.0. The number of hydrogen-bond donors (Lipinski definition) is 0. The molecule has 0 unspecified atom stereocenters. The molecule has 0 aromatic rings. The van der Waals surface area contributed by atoms with Crippen LogP contribution in [0.25, 0.3) is 0 Å². The van der Waals surface area contributed by atoms with E-state index in [9.17, 15) is 0 Å². The van der Waals surface area contributed by atoms with Crippen LogP contribution in [-0.2, 0) is 0 Å². The molecule has 0 rings (SSSR count). The van der Waals surface area contributed by atoms with Gasteiger partial charge in [-0.25, -0.2) is 0 Å². The Morgan fingerprint density at radius 3 is 2.55 bits per heavy atom. The number of thiocarbonyl (C=S) groups is 1. The average Bonchev–Trinajstić information content (AvgIpc) is 2.05. The second kappa shape index (κ2) is 6.38. The van der Waals surface area contributed by atoms with Crippen molar-refractivity contribution in [1.29, 1.82) is 0 Å². The quantitative estimate of drug-likeness (QED) is 0.375. The summed E-state index contributed by atoms with van der Waals surface area (Å²) >= 11 is 6.68. The summed E-state index contributed by atoms with van der Waals surface area (Å²) in [6, 6.07) is 0. The Morgan fingerprint density at radius 1 is 1.55 bits per heavy atom. The molecule has 11 heavy (non-hydrogen) atoms. The third-order valence-corrected chi connectivity index (χ3v) is 2.49. The molecule has 0 aliphatic heterocycles. The van der Waals surface area contributed by atoms with Gasteiger partial charge in [-0.15, -0.1) is 11.8 Å². The van der Waals surface area contributed by atoms with Crippen LogP contribution in [0, 0.1) is 0 Å². The first kappa shape index (κ1) is 10.7. The van der Waals surface area contributed by atoms with Crippen molar-refractivity contribution in [3.05, 3.63) is 36.5 Å². The van der Waals surface area contributed by atoms with E-state index in [1.54, 1.807) is 17.8 Å². The summed E-state index contributed by atoms with van der Waals surface area (Å²) in [5.41, 5.74) is 1.09. The molecule has 0 aliphatic rings. The minimum Gasteiger partial charge on any atom is -0.117 e. The fourth-order valence-corrected chi connectivity index (χ4v) is 1.18. The Balaban J connectivity index is 4.31. The van der Waals surface area contributed by atoms with E-state index in [0.717, 1.165) is 9.77 Å². The van der Waals surface area contributed by atoms with Crippen molar-refractivity contribution in [1.82, 2.24) is 0 Å². The summed E-state index contributed by atoms with van der Waals surface area (Å²) in [5.74, 6) is 0. The van der Waals surface area contributed by atoms with Crippen molar-refractivity contribution in [3.8, 4) is 0 Å². The molecular weight excluding hydrogens is 172 g/mol. The van der Waals surface area contributed by atoms with Crippen molar-refractivity contribution in [2.45, 2.75) is 6.92 Å². The zero-order valence-corrected chi connectivity index (χ0v) is 8.47. The highest BCUT2D eigenvalue weighted by Gasteiger charge is 1.95. The fraction of sp³-hybridized carbons (Fsp3) is 0.222. The Morgan fingerprint density at radius 2 is 2.18 bits per heavy atom. The average molecular weight is 184 g/mol. The fourth-order valence-electron chi connectivity index (χ4n) is 0.572. The van der Waals surface area contributed by atoms with E-state index in [1.807, 2.05) is 31.4 Å². The summed E-state index contributed by atoms with van der Waals surface area (Å²) in [5, 5.41) is 0. The minimum absolute atomic E-state index is 0.922. The Hall–Kier alpha value is -0.340. The van der Waals surface area contributed by atoms with Crippen molar-refractivity contribution in [2.24, 2.45) is 0 Å². The number of thioether (sulfide) groups is 1. The highest BCUT2D eigenvalue weighted by molar-refractivity contribution is 8.23. The molecule has 0 heterocycles. The topological polar surface area (TPSA) is 0 Å². The summed E-state index contributed by atoms with van der Waals surface area (Å²) in [6.07, 6.45) is 9.57. The lowest BCUT2D eigenvalue weighted by molar-refractivity contribution is 1.68. The van der Waals surface area contributed by atoms with E-state index in [0.29, 0.717) is 0 Å². The summed E-state index contributed by atoms with van der Waals surface area (Å²) < 4.78 is 0.922. The summed E-state index contributed by atoms with van der Waals surface area (Å²) in [7, 11) is 0. The maximum Gasteiger partial charge on any atom is 0.0772 e. The van der Waals surface area contributed by atoms with Crippen LogP contribution in [-0.4, -0.2) is 10.5 Å². The van der Waals surface area contributed by atoms with E-state index < -0.39 is 0 Å². The van der Waals surface area contributed by atoms with Gasteiger partial charge < -0.3 is 0 Å². The predicted octanol–water partition coefficient (Wildman–Crippen LogP) is 3.37. The first-order chi connectivity index (χ1) is 5.26. The van der Waals surface area contributed by atoms with Crippen molar-refractivity contribution < 1.29 is 0 Å². The van der Waals surface area contributed by atoms with Crippen LogP contribution in [0.5, 0.6) is 0 Å². The van der Waals surface area contributed by atoms with E-state index in [4.69, 9.17) is 12.2 Å². The molecule has 0 nitrogen and oxygen atoms in total. The van der Waals surface area contributed by atoms with Crippen LogP contribution in [0.2, 0.25) is 0 Å². The van der Waals surface area contributed by atoms with Gasteiger partial charge in [0.1, 0.15) is 0 Å². The molecule has 0 atom stereocenters. The molecule has 0 radical (unpaired) electrons. The van der Waals surface area contributed by atoms with E-state index >= 15 is 0 Å². The Labute approximate surface area is 78.1 Å².